The highest BCUT2D eigenvalue weighted by molar-refractivity contribution is 6.47. The molecule has 2 aliphatic rings. The van der Waals surface area contributed by atoms with Gasteiger partial charge in [-0.15, -0.1) is 0 Å². The number of hydrogen-bond donors (Lipinski definition) is 5. The first kappa shape index (κ1) is 28.9. The van der Waals surface area contributed by atoms with Crippen LogP contribution in [0.3, 0.4) is 0 Å². The van der Waals surface area contributed by atoms with E-state index in [1.807, 2.05) is 17.0 Å². The monoisotopic (exact) mass is 588 g/mol. The fourth-order valence-electron chi connectivity index (χ4n) is 4.34. The van der Waals surface area contributed by atoms with E-state index in [0.717, 1.165) is 5.56 Å². The summed E-state index contributed by atoms with van der Waals surface area (Å²) in [5.41, 5.74) is 16.5. The summed E-state index contributed by atoms with van der Waals surface area (Å²) in [6.45, 7) is 5.20. The Morgan fingerprint density at radius 1 is 1.18 bits per heavy atom. The van der Waals surface area contributed by atoms with E-state index in [2.05, 4.69) is 37.3 Å². The first-order valence-corrected chi connectivity index (χ1v) is 13.3. The second-order valence-corrected chi connectivity index (χ2v) is 10.3. The van der Waals surface area contributed by atoms with Crippen LogP contribution in [0.5, 0.6) is 0 Å². The molecule has 1 aromatic heterocycles. The molecule has 0 unspecified atom stereocenters. The van der Waals surface area contributed by atoms with E-state index in [1.165, 1.54) is 0 Å². The van der Waals surface area contributed by atoms with Gasteiger partial charge < -0.3 is 37.3 Å². The van der Waals surface area contributed by atoms with Crippen LogP contribution >= 0.6 is 23.2 Å². The van der Waals surface area contributed by atoms with Gasteiger partial charge in [-0.1, -0.05) is 34.9 Å². The van der Waals surface area contributed by atoms with Crippen LogP contribution in [-0.2, 0) is 16.0 Å². The fourth-order valence-corrected chi connectivity index (χ4v) is 4.55. The minimum Gasteiger partial charge on any atom is -0.397 e. The van der Waals surface area contributed by atoms with Crippen LogP contribution in [0.2, 0.25) is 5.02 Å². The highest BCUT2D eigenvalue weighted by Gasteiger charge is 2.40. The Morgan fingerprint density at radius 2 is 1.88 bits per heavy atom. The highest BCUT2D eigenvalue weighted by Crippen LogP contribution is 2.25. The quantitative estimate of drug-likeness (QED) is 0.221. The van der Waals surface area contributed by atoms with Gasteiger partial charge in [0.25, 0.3) is 0 Å². The van der Waals surface area contributed by atoms with Crippen molar-refractivity contribution < 1.29 is 14.1 Å². The van der Waals surface area contributed by atoms with E-state index in [4.69, 9.17) is 44.9 Å². The Morgan fingerprint density at radius 3 is 2.52 bits per heavy atom. The van der Waals surface area contributed by atoms with Crippen molar-refractivity contribution in [2.24, 2.45) is 27.2 Å². The molecule has 3 heterocycles. The fraction of sp³-hybridized carbons (Fsp3) is 0.360. The lowest BCUT2D eigenvalue weighted by atomic mass is 9.88. The van der Waals surface area contributed by atoms with Gasteiger partial charge in [0.05, 0.1) is 11.2 Å². The molecule has 40 heavy (non-hydrogen) atoms. The van der Waals surface area contributed by atoms with Crippen LogP contribution in [0.1, 0.15) is 31.6 Å². The van der Waals surface area contributed by atoms with Crippen molar-refractivity contribution >= 4 is 46.7 Å². The lowest BCUT2D eigenvalue weighted by Crippen LogP contribution is -2.53. The number of aryl methyl sites for hydroxylation is 1. The number of piperidine rings is 1. The Bertz CT molecular complexity index is 1370. The molecule has 0 atom stereocenters. The summed E-state index contributed by atoms with van der Waals surface area (Å²) in [6, 6.07) is 7.17. The van der Waals surface area contributed by atoms with Gasteiger partial charge in [-0.25, -0.2) is 4.99 Å². The average Bonchev–Trinajstić information content (AvgIpc) is 3.55. The molecular weight excluding hydrogens is 559 g/mol. The van der Waals surface area contributed by atoms with Crippen LogP contribution in [-0.4, -0.2) is 63.7 Å². The number of nitrogens with two attached hydrogens (primary N) is 3. The average molecular weight is 589 g/mol. The van der Waals surface area contributed by atoms with E-state index >= 15 is 0 Å². The summed E-state index contributed by atoms with van der Waals surface area (Å²) in [7, 11) is 0. The third-order valence-electron chi connectivity index (χ3n) is 6.57. The number of guanidine groups is 1. The summed E-state index contributed by atoms with van der Waals surface area (Å²) in [5, 5.41) is 10.7. The molecule has 0 bridgehead atoms. The third-order valence-corrected chi connectivity index (χ3v) is 7.13. The minimum atomic E-state index is -0.756. The van der Waals surface area contributed by atoms with Crippen molar-refractivity contribution in [3.8, 4) is 11.4 Å². The Hall–Kier alpha value is -4.10. The van der Waals surface area contributed by atoms with Crippen molar-refractivity contribution in [3.63, 3.8) is 0 Å². The maximum Gasteiger partial charge on any atom is 0.300 e. The maximum atomic E-state index is 12.8. The molecule has 2 amide bonds. The van der Waals surface area contributed by atoms with Crippen molar-refractivity contribution in [1.29, 1.82) is 0 Å². The van der Waals surface area contributed by atoms with Gasteiger partial charge in [0, 0.05) is 43.1 Å². The number of benzene rings is 1. The number of aliphatic imine (C=N–C) groups is 2. The molecule has 15 heteroatoms. The number of nitrogens with zero attached hydrogens (tertiary/aromatic N) is 5. The Kier molecular flexibility index (Phi) is 8.95. The van der Waals surface area contributed by atoms with Crippen LogP contribution in [0.25, 0.3) is 11.4 Å². The normalized spacial score (nSPS) is 17.4. The lowest BCUT2D eigenvalue weighted by Gasteiger charge is -2.38. The molecule has 13 nitrogen and oxygen atoms in total. The molecule has 4 rings (SSSR count). The summed E-state index contributed by atoms with van der Waals surface area (Å²) >= 11 is 11.8. The van der Waals surface area contributed by atoms with E-state index in [1.54, 1.807) is 12.1 Å². The second-order valence-electron chi connectivity index (χ2n) is 9.51. The first-order valence-electron chi connectivity index (χ1n) is 12.5. The first-order chi connectivity index (χ1) is 19.0. The zero-order valence-corrected chi connectivity index (χ0v) is 23.1. The number of hydrogen-bond acceptors (Lipinski definition) is 9. The number of aromatic nitrogens is 2. The van der Waals surface area contributed by atoms with Gasteiger partial charge in [0.15, 0.2) is 16.8 Å². The molecule has 2 saturated heterocycles. The molecule has 1 spiro atoms. The van der Waals surface area contributed by atoms with Gasteiger partial charge in [-0.3, -0.25) is 9.59 Å². The molecule has 0 aliphatic carbocycles. The number of carbonyl (C=O) groups excluding carboxylic acids is 2. The van der Waals surface area contributed by atoms with E-state index in [9.17, 15) is 9.59 Å². The number of amides is 2. The van der Waals surface area contributed by atoms with Gasteiger partial charge in [0.1, 0.15) is 5.82 Å². The van der Waals surface area contributed by atoms with E-state index in [0.29, 0.717) is 68.5 Å². The molecule has 0 saturated carbocycles. The van der Waals surface area contributed by atoms with Gasteiger partial charge in [0.2, 0.25) is 17.6 Å². The largest absolute Gasteiger partial charge is 0.397 e. The van der Waals surface area contributed by atoms with Gasteiger partial charge >= 0.3 is 5.91 Å². The van der Waals surface area contributed by atoms with E-state index in [-0.39, 0.29) is 39.8 Å². The Labute approximate surface area is 240 Å². The molecule has 2 fully saturated rings. The third kappa shape index (κ3) is 7.10. The zero-order chi connectivity index (χ0) is 28.9. The van der Waals surface area contributed by atoms with Crippen LogP contribution < -0.4 is 27.8 Å². The van der Waals surface area contributed by atoms with Gasteiger partial charge in [-0.2, -0.15) is 9.98 Å². The molecule has 1 aromatic carbocycles. The number of nitrogens with one attached hydrogen (secondary N) is 2. The number of carbonyl (C=O) groups is 2. The predicted octanol–water partition coefficient (Wildman–Crippen LogP) is 1.35. The standard InChI is InChI=1S/C25H30Cl2N10O3/c1-14(28)19(33-20(27)21(29)30)23(39)34-24-31-13-25(35-24)9-11-37(12-10-25)18(38)4-2-3-17-32-22(36-40-17)15-5-7-16(26)8-6-15/h5-8H,1-4,9-13,28-30H2,(H2,31,34,35,39)/b33-19+. The minimum absolute atomic E-state index is 0.0636. The van der Waals surface area contributed by atoms with E-state index < -0.39 is 5.91 Å². The molecule has 212 valence electrons. The summed E-state index contributed by atoms with van der Waals surface area (Å²) in [4.78, 5) is 39.5. The smallest absolute Gasteiger partial charge is 0.300 e. The van der Waals surface area contributed by atoms with Crippen LogP contribution in [0, 0.1) is 0 Å². The Balaban J connectivity index is 1.25. The topological polar surface area (TPSA) is 203 Å². The molecule has 0 radical (unpaired) electrons. The zero-order valence-electron chi connectivity index (χ0n) is 21.6. The molecule has 2 aliphatic heterocycles. The number of rotatable bonds is 8. The summed E-state index contributed by atoms with van der Waals surface area (Å²) in [6.07, 6.45) is 2.81. The predicted molar refractivity (Wildman–Crippen MR) is 152 cm³/mol. The highest BCUT2D eigenvalue weighted by atomic mass is 35.5. The SMILES string of the molecule is C=C(N)/C(=N\C(Cl)=C(N)N)C(=O)/N=C1\NCC2(CCN(C(=O)CCCc3nc(-c4ccc(Cl)cc4)no3)CC2)N1. The molecule has 8 N–H and O–H groups in total. The summed E-state index contributed by atoms with van der Waals surface area (Å²) < 4.78 is 5.33. The second kappa shape index (κ2) is 12.4. The van der Waals surface area contributed by atoms with Crippen molar-refractivity contribution in [2.75, 3.05) is 19.6 Å². The maximum absolute atomic E-state index is 12.8. The number of halogens is 2. The van der Waals surface area contributed by atoms with Crippen LogP contribution in [0.4, 0.5) is 0 Å². The lowest BCUT2D eigenvalue weighted by molar-refractivity contribution is -0.132. The van der Waals surface area contributed by atoms with Crippen LogP contribution in [0.15, 0.2) is 62.0 Å². The number of likely N-dealkylation sites (tertiary alicyclic amines) is 1. The van der Waals surface area contributed by atoms with Crippen molar-refractivity contribution in [1.82, 2.24) is 25.7 Å². The van der Waals surface area contributed by atoms with Crippen molar-refractivity contribution in [2.45, 2.75) is 37.6 Å². The summed E-state index contributed by atoms with van der Waals surface area (Å²) in [5.74, 6) is 0.281. The van der Waals surface area contributed by atoms with Crippen molar-refractivity contribution in [3.05, 3.63) is 58.4 Å². The molecular formula is C25H30Cl2N10O3. The molecule has 2 aromatic rings. The van der Waals surface area contributed by atoms with Gasteiger partial charge in [-0.05, 0) is 43.5 Å².